The summed E-state index contributed by atoms with van der Waals surface area (Å²) in [5, 5.41) is 0. The van der Waals surface area contributed by atoms with E-state index in [9.17, 15) is 0 Å². The molecule has 1 saturated heterocycles. The quantitative estimate of drug-likeness (QED) is 0.301. The Bertz CT molecular complexity index is 409. The molecule has 2 unspecified atom stereocenters. The average molecular weight is 522 g/mol. The van der Waals surface area contributed by atoms with Crippen LogP contribution >= 0.6 is 58.2 Å². The van der Waals surface area contributed by atoms with E-state index in [1.54, 1.807) is 11.7 Å². The van der Waals surface area contributed by atoms with Crippen molar-refractivity contribution in [1.82, 2.24) is 0 Å². The second-order valence-electron chi connectivity index (χ2n) is 4.56. The van der Waals surface area contributed by atoms with Crippen molar-refractivity contribution in [2.24, 2.45) is 0 Å². The van der Waals surface area contributed by atoms with E-state index < -0.39 is 0 Å². The number of ether oxygens (including phenoxy) is 2. The highest BCUT2D eigenvalue weighted by Gasteiger charge is 2.45. The summed E-state index contributed by atoms with van der Waals surface area (Å²) in [6, 6.07) is 10.1. The molecule has 0 bridgehead atoms. The minimum absolute atomic E-state index is 0.124. The van der Waals surface area contributed by atoms with Gasteiger partial charge in [-0.15, -0.1) is 0 Å². The molecule has 0 radical (unpaired) electrons. The van der Waals surface area contributed by atoms with Crippen molar-refractivity contribution in [3.8, 4) is 0 Å². The molecule has 1 aliphatic carbocycles. The Morgan fingerprint density at radius 1 is 1.11 bits per heavy atom. The van der Waals surface area contributed by atoms with Gasteiger partial charge in [-0.25, -0.2) is 0 Å². The van der Waals surface area contributed by atoms with Gasteiger partial charge in [-0.3, -0.25) is 0 Å². The molecule has 0 N–H and O–H groups in total. The zero-order valence-corrected chi connectivity index (χ0v) is 16.0. The molecular weight excluding hydrogens is 509 g/mol. The van der Waals surface area contributed by atoms with Crippen LogP contribution in [0.5, 0.6) is 0 Å². The number of hydrogen-bond donors (Lipinski definition) is 0. The lowest BCUT2D eigenvalue weighted by Crippen LogP contribution is -2.13. The van der Waals surface area contributed by atoms with E-state index in [4.69, 9.17) is 13.7 Å². The molecule has 1 saturated carbocycles. The molecule has 3 nitrogen and oxygen atoms in total. The molecule has 2 aliphatic rings. The van der Waals surface area contributed by atoms with E-state index in [1.807, 2.05) is 18.2 Å². The Kier molecular flexibility index (Phi) is 5.67. The van der Waals surface area contributed by atoms with E-state index >= 15 is 0 Å². The first kappa shape index (κ1) is 15.2. The van der Waals surface area contributed by atoms with E-state index in [-0.39, 0.29) is 27.0 Å². The monoisotopic (exact) mass is 522 g/mol. The van der Waals surface area contributed by atoms with Crippen LogP contribution in [0.15, 0.2) is 30.3 Å². The number of rotatable bonds is 4. The smallest absolute Gasteiger partial charge is 0.184 e. The first-order chi connectivity index (χ1) is 9.22. The molecule has 4 atom stereocenters. The molecule has 104 valence electrons. The zero-order valence-electron chi connectivity index (χ0n) is 9.95. The summed E-state index contributed by atoms with van der Waals surface area (Å²) in [5.41, 5.74) is 1.10. The predicted octanol–water partition coefficient (Wildman–Crippen LogP) is 5.39. The standard InChI is InChI=1S/C12H13I2O3PS/c13-18(14)19-17-9-6-10-11(7-9)16-12(15-10)8-4-2-1-3-5-8/h1-5,9-12H,6-7H2/t9?,10-,11+,12?. The van der Waals surface area contributed by atoms with Crippen LogP contribution in [0.3, 0.4) is 0 Å². The summed E-state index contributed by atoms with van der Waals surface area (Å²) in [7, 11) is 0. The molecule has 1 aromatic rings. The van der Waals surface area contributed by atoms with Crippen molar-refractivity contribution >= 4 is 58.2 Å². The van der Waals surface area contributed by atoms with Gasteiger partial charge in [0.1, 0.15) is 2.41 Å². The summed E-state index contributed by atoms with van der Waals surface area (Å²) < 4.78 is 17.7. The normalized spacial score (nSPS) is 33.8. The third-order valence-electron chi connectivity index (χ3n) is 3.31. The molecule has 1 heterocycles. The molecule has 3 rings (SSSR count). The minimum Gasteiger partial charge on any atom is -0.342 e. The summed E-state index contributed by atoms with van der Waals surface area (Å²) >= 11 is 6.39. The van der Waals surface area contributed by atoms with E-state index in [0.29, 0.717) is 0 Å². The molecule has 0 spiro atoms. The van der Waals surface area contributed by atoms with Crippen molar-refractivity contribution in [2.75, 3.05) is 0 Å². The number of fused-ring (bicyclic) bond motifs is 1. The van der Waals surface area contributed by atoms with Crippen LogP contribution in [0, 0.1) is 0 Å². The SMILES string of the molecule is IP(I)SOC1C[C@@H]2OC(c3ccccc3)O[C@@H]2C1. The van der Waals surface area contributed by atoms with Crippen molar-refractivity contribution in [3.63, 3.8) is 0 Å². The second kappa shape index (κ2) is 7.07. The fourth-order valence-corrected chi connectivity index (χ4v) is 5.07. The van der Waals surface area contributed by atoms with Gasteiger partial charge in [-0.05, 0) is 44.1 Å². The molecule has 0 aromatic heterocycles. The van der Waals surface area contributed by atoms with Crippen LogP contribution in [0.4, 0.5) is 0 Å². The van der Waals surface area contributed by atoms with Crippen LogP contribution in [0.25, 0.3) is 0 Å². The van der Waals surface area contributed by atoms with Gasteiger partial charge in [0, 0.05) is 30.1 Å². The number of hydrogen-bond acceptors (Lipinski definition) is 4. The Hall–Kier alpha value is 1.34. The minimum atomic E-state index is -0.198. The number of benzene rings is 1. The Labute approximate surface area is 144 Å². The van der Waals surface area contributed by atoms with Gasteiger partial charge in [-0.1, -0.05) is 30.3 Å². The Morgan fingerprint density at radius 3 is 2.32 bits per heavy atom. The van der Waals surface area contributed by atoms with Crippen LogP contribution in [-0.4, -0.2) is 18.3 Å². The molecule has 1 aromatic carbocycles. The van der Waals surface area contributed by atoms with Gasteiger partial charge in [0.25, 0.3) is 0 Å². The topological polar surface area (TPSA) is 27.7 Å². The largest absolute Gasteiger partial charge is 0.342 e. The van der Waals surface area contributed by atoms with Gasteiger partial charge in [-0.2, -0.15) is 0 Å². The molecule has 7 heteroatoms. The number of halogens is 2. The Morgan fingerprint density at radius 2 is 1.74 bits per heavy atom. The Balaban J connectivity index is 1.53. The lowest BCUT2D eigenvalue weighted by molar-refractivity contribution is -0.0822. The predicted molar refractivity (Wildman–Crippen MR) is 95.6 cm³/mol. The third-order valence-corrected chi connectivity index (χ3v) is 7.27. The maximum Gasteiger partial charge on any atom is 0.184 e. The maximum atomic E-state index is 6.00. The van der Waals surface area contributed by atoms with Gasteiger partial charge in [0.15, 0.2) is 6.29 Å². The highest BCUT2D eigenvalue weighted by molar-refractivity contribution is 14.3. The van der Waals surface area contributed by atoms with Gasteiger partial charge in [0.2, 0.25) is 0 Å². The van der Waals surface area contributed by atoms with Crippen LogP contribution in [-0.2, 0) is 13.7 Å². The molecule has 2 fully saturated rings. The van der Waals surface area contributed by atoms with Gasteiger partial charge >= 0.3 is 0 Å². The molecule has 0 amide bonds. The molecule has 19 heavy (non-hydrogen) atoms. The maximum absolute atomic E-state index is 6.00. The lowest BCUT2D eigenvalue weighted by atomic mass is 10.2. The van der Waals surface area contributed by atoms with Crippen molar-refractivity contribution in [1.29, 1.82) is 0 Å². The summed E-state index contributed by atoms with van der Waals surface area (Å²) in [6.45, 7) is 0. The average Bonchev–Trinajstić information content (AvgIpc) is 2.95. The van der Waals surface area contributed by atoms with Crippen LogP contribution < -0.4 is 0 Å². The van der Waals surface area contributed by atoms with Crippen molar-refractivity contribution in [3.05, 3.63) is 35.9 Å². The van der Waals surface area contributed by atoms with Gasteiger partial charge < -0.3 is 13.7 Å². The van der Waals surface area contributed by atoms with Crippen molar-refractivity contribution < 1.29 is 13.7 Å². The summed E-state index contributed by atoms with van der Waals surface area (Å²) in [6.07, 6.45) is 2.33. The second-order valence-corrected chi connectivity index (χ2v) is 22.1. The third kappa shape index (κ3) is 3.96. The highest BCUT2D eigenvalue weighted by Crippen LogP contribution is 2.65. The fraction of sp³-hybridized carbons (Fsp3) is 0.500. The summed E-state index contributed by atoms with van der Waals surface area (Å²) in [4.78, 5) is 0. The van der Waals surface area contributed by atoms with E-state index in [2.05, 4.69) is 56.2 Å². The first-order valence-electron chi connectivity index (χ1n) is 6.03. The highest BCUT2D eigenvalue weighted by atomic mass is 127. The fourth-order valence-electron chi connectivity index (χ4n) is 2.49. The van der Waals surface area contributed by atoms with E-state index in [0.717, 1.165) is 18.4 Å². The lowest BCUT2D eigenvalue weighted by Gasteiger charge is -2.15. The molecule has 1 aliphatic heterocycles. The van der Waals surface area contributed by atoms with Gasteiger partial charge in [0.05, 0.1) is 18.3 Å². The van der Waals surface area contributed by atoms with E-state index in [1.165, 1.54) is 0 Å². The van der Waals surface area contributed by atoms with Crippen LogP contribution in [0.1, 0.15) is 24.7 Å². The van der Waals surface area contributed by atoms with Crippen LogP contribution in [0.2, 0.25) is 0 Å². The van der Waals surface area contributed by atoms with Crippen molar-refractivity contribution in [2.45, 2.75) is 37.4 Å². The summed E-state index contributed by atoms with van der Waals surface area (Å²) in [5.74, 6) is 0. The first-order valence-corrected chi connectivity index (χ1v) is 14.3. The molecular formula is C12H13I2O3PS. The zero-order chi connectivity index (χ0) is 13.2.